The Hall–Kier alpha value is -0.140. The van der Waals surface area contributed by atoms with Crippen LogP contribution in [0.4, 0.5) is 0 Å². The van der Waals surface area contributed by atoms with Gasteiger partial charge in [0.1, 0.15) is 0 Å². The Morgan fingerprint density at radius 1 is 1.29 bits per heavy atom. The zero-order valence-corrected chi connectivity index (χ0v) is 12.1. The van der Waals surface area contributed by atoms with Crippen molar-refractivity contribution >= 4 is 47.4 Å². The molecular weight excluding hydrogens is 276 g/mol. The number of hydrogen-bond acceptors (Lipinski definition) is 6. The third-order valence-corrected chi connectivity index (χ3v) is 4.43. The summed E-state index contributed by atoms with van der Waals surface area (Å²) in [6.45, 7) is 4.87. The van der Waals surface area contributed by atoms with Crippen LogP contribution in [0.15, 0.2) is 20.1 Å². The van der Waals surface area contributed by atoms with Gasteiger partial charge in [0.05, 0.1) is 14.0 Å². The van der Waals surface area contributed by atoms with Crippen LogP contribution >= 0.6 is 35.7 Å². The molecule has 0 saturated heterocycles. The lowest BCUT2D eigenvalue weighted by Crippen LogP contribution is -2.18. The first-order valence-electron chi connectivity index (χ1n) is 5.20. The molecule has 0 fully saturated rings. The first-order chi connectivity index (χ1) is 8.26. The second kappa shape index (κ2) is 8.05. The summed E-state index contributed by atoms with van der Waals surface area (Å²) < 4.78 is 12.0. The van der Waals surface area contributed by atoms with Crippen LogP contribution in [0.3, 0.4) is 0 Å². The molecule has 0 aromatic heterocycles. The van der Waals surface area contributed by atoms with Crippen molar-refractivity contribution in [2.75, 3.05) is 13.2 Å². The maximum absolute atomic E-state index is 11.0. The highest BCUT2D eigenvalue weighted by atomic mass is 32.2. The smallest absolute Gasteiger partial charge is 0.191 e. The first kappa shape index (κ1) is 14.9. The minimum absolute atomic E-state index is 0.460. The maximum atomic E-state index is 11.0. The molecular formula is C11H14O3S3. The van der Waals surface area contributed by atoms with Crippen molar-refractivity contribution in [1.29, 1.82) is 0 Å². The number of ether oxygens (including phenoxy) is 2. The number of hydrogen-bond donors (Lipinski definition) is 0. The molecule has 1 rings (SSSR count). The SMILES string of the molecule is CCOC(OCC)C1=C(C=O)S/C(=C\C=S)S1. The molecule has 0 aromatic carbocycles. The van der Waals surface area contributed by atoms with E-state index in [-0.39, 0.29) is 0 Å². The molecule has 0 spiro atoms. The van der Waals surface area contributed by atoms with Crippen molar-refractivity contribution in [1.82, 2.24) is 0 Å². The Balaban J connectivity index is 2.86. The highest BCUT2D eigenvalue weighted by Crippen LogP contribution is 2.49. The molecule has 1 aliphatic heterocycles. The van der Waals surface area contributed by atoms with Crippen LogP contribution in [-0.2, 0) is 14.3 Å². The summed E-state index contributed by atoms with van der Waals surface area (Å²) in [5.41, 5.74) is 0. The summed E-state index contributed by atoms with van der Waals surface area (Å²) in [4.78, 5) is 12.5. The van der Waals surface area contributed by atoms with E-state index in [0.717, 1.165) is 15.4 Å². The van der Waals surface area contributed by atoms with Gasteiger partial charge in [-0.25, -0.2) is 0 Å². The van der Waals surface area contributed by atoms with E-state index in [2.05, 4.69) is 0 Å². The normalized spacial score (nSPS) is 18.2. The molecule has 0 atom stereocenters. The summed E-state index contributed by atoms with van der Waals surface area (Å²) in [5, 5.41) is 1.54. The predicted octanol–water partition coefficient (Wildman–Crippen LogP) is 3.12. The van der Waals surface area contributed by atoms with E-state index in [1.807, 2.05) is 13.8 Å². The topological polar surface area (TPSA) is 35.5 Å². The standard InChI is InChI=1S/C11H14O3S3/c1-3-13-11(14-4-2)10-8(7-12)16-9(17-10)5-6-15/h5-7,11H,3-4H2,1-2H3/b9-5+. The second-order valence-electron chi connectivity index (χ2n) is 2.91. The fraction of sp³-hybridized carbons (Fsp3) is 0.455. The van der Waals surface area contributed by atoms with Gasteiger partial charge in [-0.2, -0.15) is 0 Å². The summed E-state index contributed by atoms with van der Waals surface area (Å²) in [7, 11) is 0. The average Bonchev–Trinajstić information content (AvgIpc) is 2.72. The predicted molar refractivity (Wildman–Crippen MR) is 77.1 cm³/mol. The Labute approximate surface area is 115 Å². The van der Waals surface area contributed by atoms with Crippen molar-refractivity contribution in [3.8, 4) is 0 Å². The van der Waals surface area contributed by atoms with Gasteiger partial charge in [0, 0.05) is 18.6 Å². The van der Waals surface area contributed by atoms with Crippen molar-refractivity contribution in [2.24, 2.45) is 0 Å². The zero-order valence-electron chi connectivity index (χ0n) is 9.67. The number of allylic oxidation sites excluding steroid dienone is 2. The summed E-state index contributed by atoms with van der Waals surface area (Å²) >= 11 is 7.65. The Morgan fingerprint density at radius 3 is 2.41 bits per heavy atom. The van der Waals surface area contributed by atoms with E-state index in [0.29, 0.717) is 18.1 Å². The van der Waals surface area contributed by atoms with Gasteiger partial charge in [-0.3, -0.25) is 4.79 Å². The van der Waals surface area contributed by atoms with E-state index >= 15 is 0 Å². The van der Waals surface area contributed by atoms with E-state index in [1.54, 1.807) is 6.08 Å². The van der Waals surface area contributed by atoms with Crippen molar-refractivity contribution < 1.29 is 14.3 Å². The fourth-order valence-electron chi connectivity index (χ4n) is 1.21. The summed E-state index contributed by atoms with van der Waals surface area (Å²) in [6, 6.07) is 0. The molecule has 3 nitrogen and oxygen atoms in total. The highest BCUT2D eigenvalue weighted by molar-refractivity contribution is 8.29. The molecule has 1 aliphatic rings. The fourth-order valence-corrected chi connectivity index (χ4v) is 3.81. The molecule has 0 bridgehead atoms. The second-order valence-corrected chi connectivity index (χ2v) is 5.61. The summed E-state index contributed by atoms with van der Waals surface area (Å²) in [5.74, 6) is 0. The van der Waals surface area contributed by atoms with Crippen molar-refractivity contribution in [3.63, 3.8) is 0 Å². The van der Waals surface area contributed by atoms with Crippen molar-refractivity contribution in [2.45, 2.75) is 20.1 Å². The lowest BCUT2D eigenvalue weighted by molar-refractivity contribution is -0.109. The summed E-state index contributed by atoms with van der Waals surface area (Å²) in [6.07, 6.45) is 2.18. The van der Waals surface area contributed by atoms with Gasteiger partial charge in [0.25, 0.3) is 0 Å². The number of aldehydes is 1. The lowest BCUT2D eigenvalue weighted by atomic mass is 10.5. The number of thioether (sulfide) groups is 2. The number of thiocarbonyl (C=S) groups is 1. The van der Waals surface area contributed by atoms with Gasteiger partial charge in [0.2, 0.25) is 0 Å². The van der Waals surface area contributed by atoms with Crippen LogP contribution in [0.2, 0.25) is 0 Å². The first-order valence-corrected chi connectivity index (χ1v) is 7.30. The van der Waals surface area contributed by atoms with Crippen molar-refractivity contribution in [3.05, 3.63) is 20.1 Å². The van der Waals surface area contributed by atoms with Gasteiger partial charge < -0.3 is 9.47 Å². The number of rotatable bonds is 7. The highest BCUT2D eigenvalue weighted by Gasteiger charge is 2.28. The molecule has 94 valence electrons. The van der Waals surface area contributed by atoms with E-state index in [1.165, 1.54) is 28.9 Å². The van der Waals surface area contributed by atoms with Gasteiger partial charge in [-0.1, -0.05) is 35.7 Å². The maximum Gasteiger partial charge on any atom is 0.191 e. The monoisotopic (exact) mass is 290 g/mol. The van der Waals surface area contributed by atoms with Crippen LogP contribution in [0, 0.1) is 0 Å². The largest absolute Gasteiger partial charge is 0.348 e. The van der Waals surface area contributed by atoms with Gasteiger partial charge in [-0.05, 0) is 19.9 Å². The molecule has 0 saturated carbocycles. The minimum atomic E-state index is -0.460. The van der Waals surface area contributed by atoms with Crippen LogP contribution in [0.1, 0.15) is 13.8 Å². The van der Waals surface area contributed by atoms with E-state index in [4.69, 9.17) is 21.7 Å². The third-order valence-electron chi connectivity index (χ3n) is 1.83. The van der Waals surface area contributed by atoms with Crippen LogP contribution in [0.25, 0.3) is 0 Å². The Kier molecular flexibility index (Phi) is 7.06. The molecule has 0 aromatic rings. The quantitative estimate of drug-likeness (QED) is 0.310. The van der Waals surface area contributed by atoms with Crippen LogP contribution in [-0.4, -0.2) is 31.2 Å². The third kappa shape index (κ3) is 4.22. The molecule has 0 aliphatic carbocycles. The van der Waals surface area contributed by atoms with Crippen LogP contribution < -0.4 is 0 Å². The molecule has 0 amide bonds. The number of carbonyl (C=O) groups is 1. The Morgan fingerprint density at radius 2 is 1.94 bits per heavy atom. The van der Waals surface area contributed by atoms with E-state index < -0.39 is 6.29 Å². The Bertz CT molecular complexity index is 344. The van der Waals surface area contributed by atoms with Crippen LogP contribution in [0.5, 0.6) is 0 Å². The zero-order chi connectivity index (χ0) is 12.7. The van der Waals surface area contributed by atoms with Gasteiger partial charge in [0.15, 0.2) is 12.6 Å². The molecule has 0 radical (unpaired) electrons. The minimum Gasteiger partial charge on any atom is -0.348 e. The molecule has 0 unspecified atom stereocenters. The van der Waals surface area contributed by atoms with Gasteiger partial charge in [-0.15, -0.1) is 0 Å². The molecule has 0 N–H and O–H groups in total. The van der Waals surface area contributed by atoms with E-state index in [9.17, 15) is 4.79 Å². The lowest BCUT2D eigenvalue weighted by Gasteiger charge is -2.17. The number of carbonyl (C=O) groups excluding carboxylic acids is 1. The molecule has 6 heteroatoms. The molecule has 17 heavy (non-hydrogen) atoms. The average molecular weight is 290 g/mol. The van der Waals surface area contributed by atoms with Gasteiger partial charge >= 0.3 is 0 Å². The molecule has 1 heterocycles.